The summed E-state index contributed by atoms with van der Waals surface area (Å²) in [5, 5.41) is 11.2. The molecule has 0 spiro atoms. The number of hydrogen-bond donors (Lipinski definition) is 1. The van der Waals surface area contributed by atoms with Gasteiger partial charge >= 0.3 is 5.97 Å². The highest BCUT2D eigenvalue weighted by atomic mass is 16.5. The standard InChI is InChI=1S/C20H19NO4/c1-13-9-10-17-16(11-13)20(24,14(2)18(22)25-3)19(23)21(17)12-15-7-5-4-6-8-15/h4-11,24H,2,12H2,1,3H3. The molecule has 0 aromatic heterocycles. The van der Waals surface area contributed by atoms with Crippen molar-refractivity contribution in [1.29, 1.82) is 0 Å². The predicted octanol–water partition coefficient (Wildman–Crippen LogP) is 2.46. The molecule has 1 aliphatic rings. The van der Waals surface area contributed by atoms with Crippen LogP contribution in [0.5, 0.6) is 0 Å². The lowest BCUT2D eigenvalue weighted by Gasteiger charge is -2.24. The summed E-state index contributed by atoms with van der Waals surface area (Å²) < 4.78 is 4.67. The fraction of sp³-hybridized carbons (Fsp3) is 0.200. The van der Waals surface area contributed by atoms with Crippen molar-refractivity contribution in [1.82, 2.24) is 0 Å². The van der Waals surface area contributed by atoms with Crippen molar-refractivity contribution >= 4 is 17.6 Å². The van der Waals surface area contributed by atoms with E-state index in [1.807, 2.05) is 43.3 Å². The van der Waals surface area contributed by atoms with Crippen molar-refractivity contribution in [3.8, 4) is 0 Å². The molecule has 1 atom stereocenters. The SMILES string of the molecule is C=C(C(=O)OC)C1(O)C(=O)N(Cc2ccccc2)c2ccc(C)cc21. The van der Waals surface area contributed by atoms with E-state index < -0.39 is 17.5 Å². The van der Waals surface area contributed by atoms with Gasteiger partial charge in [-0.15, -0.1) is 0 Å². The van der Waals surface area contributed by atoms with Crippen LogP contribution in [0.4, 0.5) is 5.69 Å². The average Bonchev–Trinajstić information content (AvgIpc) is 2.83. The number of fused-ring (bicyclic) bond motifs is 1. The molecule has 25 heavy (non-hydrogen) atoms. The van der Waals surface area contributed by atoms with Gasteiger partial charge in [0, 0.05) is 5.56 Å². The maximum absolute atomic E-state index is 13.1. The third-order valence-electron chi connectivity index (χ3n) is 4.44. The Morgan fingerprint density at radius 3 is 2.56 bits per heavy atom. The van der Waals surface area contributed by atoms with Crippen molar-refractivity contribution in [2.24, 2.45) is 0 Å². The number of ether oxygens (including phenoxy) is 1. The topological polar surface area (TPSA) is 66.8 Å². The summed E-state index contributed by atoms with van der Waals surface area (Å²) in [6.07, 6.45) is 0. The van der Waals surface area contributed by atoms with E-state index in [1.54, 1.807) is 12.1 Å². The van der Waals surface area contributed by atoms with E-state index >= 15 is 0 Å². The number of methoxy groups -OCH3 is 1. The summed E-state index contributed by atoms with van der Waals surface area (Å²) >= 11 is 0. The van der Waals surface area contributed by atoms with Crippen molar-refractivity contribution < 1.29 is 19.4 Å². The monoisotopic (exact) mass is 337 g/mol. The average molecular weight is 337 g/mol. The Hall–Kier alpha value is -2.92. The van der Waals surface area contributed by atoms with E-state index in [2.05, 4.69) is 11.3 Å². The molecule has 1 unspecified atom stereocenters. The predicted molar refractivity (Wildman–Crippen MR) is 93.9 cm³/mol. The number of aliphatic hydroxyl groups is 1. The van der Waals surface area contributed by atoms with E-state index in [0.29, 0.717) is 11.3 Å². The Balaban J connectivity index is 2.11. The van der Waals surface area contributed by atoms with Crippen molar-refractivity contribution in [3.63, 3.8) is 0 Å². The third kappa shape index (κ3) is 2.62. The van der Waals surface area contributed by atoms with Gasteiger partial charge in [-0.3, -0.25) is 4.79 Å². The maximum atomic E-state index is 13.1. The van der Waals surface area contributed by atoms with Gasteiger partial charge in [0.1, 0.15) is 0 Å². The van der Waals surface area contributed by atoms with E-state index in [9.17, 15) is 14.7 Å². The Morgan fingerprint density at radius 1 is 1.24 bits per heavy atom. The van der Waals surface area contributed by atoms with Gasteiger partial charge in [-0.1, -0.05) is 54.6 Å². The molecule has 5 heteroatoms. The van der Waals surface area contributed by atoms with Crippen LogP contribution in [0.1, 0.15) is 16.7 Å². The Morgan fingerprint density at radius 2 is 1.92 bits per heavy atom. The first kappa shape index (κ1) is 16.9. The second-order valence-electron chi connectivity index (χ2n) is 6.08. The summed E-state index contributed by atoms with van der Waals surface area (Å²) in [7, 11) is 1.19. The van der Waals surface area contributed by atoms with Crippen LogP contribution < -0.4 is 4.90 Å². The minimum atomic E-state index is -2.12. The summed E-state index contributed by atoms with van der Waals surface area (Å²) in [4.78, 5) is 26.5. The van der Waals surface area contributed by atoms with Crippen LogP contribution in [0, 0.1) is 6.92 Å². The second-order valence-corrected chi connectivity index (χ2v) is 6.08. The molecule has 2 aromatic rings. The number of anilines is 1. The van der Waals surface area contributed by atoms with Crippen molar-refractivity contribution in [3.05, 3.63) is 77.4 Å². The van der Waals surface area contributed by atoms with Gasteiger partial charge in [-0.25, -0.2) is 4.79 Å². The zero-order valence-electron chi connectivity index (χ0n) is 14.2. The summed E-state index contributed by atoms with van der Waals surface area (Å²) in [6.45, 7) is 5.76. The first-order valence-corrected chi connectivity index (χ1v) is 7.86. The first-order chi connectivity index (χ1) is 11.9. The zero-order chi connectivity index (χ0) is 18.2. The van der Waals surface area contributed by atoms with Crippen LogP contribution >= 0.6 is 0 Å². The number of nitrogens with zero attached hydrogens (tertiary/aromatic N) is 1. The molecular formula is C20H19NO4. The summed E-state index contributed by atoms with van der Waals surface area (Å²) in [5.41, 5.74) is 0.279. The highest BCUT2D eigenvalue weighted by molar-refractivity contribution is 6.13. The quantitative estimate of drug-likeness (QED) is 0.687. The zero-order valence-corrected chi connectivity index (χ0v) is 14.2. The lowest BCUT2D eigenvalue weighted by molar-refractivity contribution is -0.144. The van der Waals surface area contributed by atoms with Crippen LogP contribution in [-0.2, 0) is 26.5 Å². The largest absolute Gasteiger partial charge is 0.466 e. The highest BCUT2D eigenvalue weighted by Gasteiger charge is 2.54. The molecule has 5 nitrogen and oxygen atoms in total. The van der Waals surface area contributed by atoms with Gasteiger partial charge in [-0.05, 0) is 18.6 Å². The van der Waals surface area contributed by atoms with E-state index in [0.717, 1.165) is 11.1 Å². The minimum Gasteiger partial charge on any atom is -0.466 e. The molecule has 0 radical (unpaired) electrons. The van der Waals surface area contributed by atoms with Crippen molar-refractivity contribution in [2.75, 3.05) is 12.0 Å². The Labute approximate surface area is 146 Å². The van der Waals surface area contributed by atoms with Gasteiger partial charge in [0.25, 0.3) is 5.91 Å². The van der Waals surface area contributed by atoms with Crippen LogP contribution in [0.15, 0.2) is 60.7 Å². The van der Waals surface area contributed by atoms with Gasteiger partial charge in [0.05, 0.1) is 24.9 Å². The van der Waals surface area contributed by atoms with E-state index in [4.69, 9.17) is 0 Å². The minimum absolute atomic E-state index is 0.284. The van der Waals surface area contributed by atoms with Gasteiger partial charge in [-0.2, -0.15) is 0 Å². The van der Waals surface area contributed by atoms with Gasteiger partial charge < -0.3 is 14.7 Å². The number of aryl methyl sites for hydroxylation is 1. The number of carbonyl (C=O) groups excluding carboxylic acids is 2. The maximum Gasteiger partial charge on any atom is 0.336 e. The van der Waals surface area contributed by atoms with Gasteiger partial charge in [0.2, 0.25) is 5.60 Å². The number of carbonyl (C=O) groups is 2. The number of amides is 1. The van der Waals surface area contributed by atoms with Crippen molar-refractivity contribution in [2.45, 2.75) is 19.1 Å². The number of benzene rings is 2. The third-order valence-corrected chi connectivity index (χ3v) is 4.44. The lowest BCUT2D eigenvalue weighted by Crippen LogP contribution is -2.43. The molecule has 3 rings (SSSR count). The van der Waals surface area contributed by atoms with Crippen LogP contribution in [0.2, 0.25) is 0 Å². The smallest absolute Gasteiger partial charge is 0.336 e. The molecule has 1 aliphatic heterocycles. The number of hydrogen-bond acceptors (Lipinski definition) is 4. The second kappa shape index (κ2) is 6.18. The summed E-state index contributed by atoms with van der Waals surface area (Å²) in [6, 6.07) is 14.8. The molecule has 1 heterocycles. The van der Waals surface area contributed by atoms with Crippen LogP contribution in [0.25, 0.3) is 0 Å². The molecule has 0 fully saturated rings. The van der Waals surface area contributed by atoms with E-state index in [-0.39, 0.29) is 12.1 Å². The Kier molecular flexibility index (Phi) is 4.18. The Bertz CT molecular complexity index is 859. The molecule has 0 saturated heterocycles. The number of esters is 1. The normalized spacial score (nSPS) is 18.8. The molecule has 2 aromatic carbocycles. The highest BCUT2D eigenvalue weighted by Crippen LogP contribution is 2.45. The van der Waals surface area contributed by atoms with Crippen LogP contribution in [-0.4, -0.2) is 24.1 Å². The van der Waals surface area contributed by atoms with Gasteiger partial charge in [0.15, 0.2) is 0 Å². The fourth-order valence-corrected chi connectivity index (χ4v) is 3.08. The molecule has 0 bridgehead atoms. The molecule has 0 aliphatic carbocycles. The lowest BCUT2D eigenvalue weighted by atomic mass is 9.87. The van der Waals surface area contributed by atoms with E-state index in [1.165, 1.54) is 12.0 Å². The number of rotatable bonds is 4. The first-order valence-electron chi connectivity index (χ1n) is 7.86. The molecule has 128 valence electrons. The molecular weight excluding hydrogens is 318 g/mol. The molecule has 1 amide bonds. The van der Waals surface area contributed by atoms with Crippen LogP contribution in [0.3, 0.4) is 0 Å². The fourth-order valence-electron chi connectivity index (χ4n) is 3.08. The molecule has 0 saturated carbocycles. The molecule has 1 N–H and O–H groups in total. The summed E-state index contributed by atoms with van der Waals surface area (Å²) in [5.74, 6) is -1.42.